The third kappa shape index (κ3) is 5.24. The summed E-state index contributed by atoms with van der Waals surface area (Å²) in [7, 11) is 1.61. The van der Waals surface area contributed by atoms with E-state index in [1.54, 1.807) is 29.7 Å². The van der Waals surface area contributed by atoms with Gasteiger partial charge in [0.15, 0.2) is 5.13 Å². The van der Waals surface area contributed by atoms with E-state index in [4.69, 9.17) is 9.15 Å². The summed E-state index contributed by atoms with van der Waals surface area (Å²) in [5.74, 6) is 0.991. The molecule has 1 unspecified atom stereocenters. The van der Waals surface area contributed by atoms with Gasteiger partial charge >= 0.3 is 0 Å². The standard InChI is InChI=1S/C22H24N4O4S/c1-29-17-7-2-6-16(11-17)24-22-25-19(14-31-22)21(28)26-9-3-5-15(13-26)20(27)23-12-18-8-4-10-30-18/h2,4,6-8,10-11,14-15H,3,5,9,12-13H2,1H3,(H,23,27)(H,24,25). The molecule has 4 rings (SSSR count). The number of amides is 2. The van der Waals surface area contributed by atoms with Gasteiger partial charge < -0.3 is 24.7 Å². The molecule has 1 aliphatic rings. The van der Waals surface area contributed by atoms with E-state index in [1.165, 1.54) is 11.3 Å². The average Bonchev–Trinajstić information content (AvgIpc) is 3.49. The lowest BCUT2D eigenvalue weighted by atomic mass is 9.97. The maximum absolute atomic E-state index is 13.0. The zero-order chi connectivity index (χ0) is 21.6. The molecule has 3 aromatic rings. The van der Waals surface area contributed by atoms with Crippen molar-refractivity contribution < 1.29 is 18.7 Å². The van der Waals surface area contributed by atoms with Crippen LogP contribution in [0.2, 0.25) is 0 Å². The Morgan fingerprint density at radius 1 is 1.32 bits per heavy atom. The normalized spacial score (nSPS) is 16.0. The highest BCUT2D eigenvalue weighted by Gasteiger charge is 2.29. The summed E-state index contributed by atoms with van der Waals surface area (Å²) >= 11 is 1.36. The van der Waals surface area contributed by atoms with Crippen LogP contribution in [0.5, 0.6) is 5.75 Å². The van der Waals surface area contributed by atoms with E-state index in [-0.39, 0.29) is 17.7 Å². The molecule has 2 amide bonds. The second-order valence-electron chi connectivity index (χ2n) is 7.28. The topological polar surface area (TPSA) is 96.7 Å². The highest BCUT2D eigenvalue weighted by molar-refractivity contribution is 7.14. The molecule has 0 radical (unpaired) electrons. The number of ether oxygens (including phenoxy) is 1. The van der Waals surface area contributed by atoms with Gasteiger partial charge in [-0.25, -0.2) is 4.98 Å². The summed E-state index contributed by atoms with van der Waals surface area (Å²) < 4.78 is 10.5. The first-order valence-corrected chi connectivity index (χ1v) is 11.0. The monoisotopic (exact) mass is 440 g/mol. The first-order chi connectivity index (χ1) is 15.1. The van der Waals surface area contributed by atoms with Gasteiger partial charge in [0.05, 0.1) is 25.8 Å². The number of anilines is 2. The van der Waals surface area contributed by atoms with E-state index < -0.39 is 0 Å². The Morgan fingerprint density at radius 3 is 3.03 bits per heavy atom. The van der Waals surface area contributed by atoms with Crippen molar-refractivity contribution >= 4 is 34.0 Å². The maximum Gasteiger partial charge on any atom is 0.273 e. The Hall–Kier alpha value is -3.33. The van der Waals surface area contributed by atoms with Crippen molar-refractivity contribution in [3.8, 4) is 5.75 Å². The summed E-state index contributed by atoms with van der Waals surface area (Å²) in [5, 5.41) is 8.46. The minimum absolute atomic E-state index is 0.0624. The van der Waals surface area contributed by atoms with Gasteiger partial charge in [0, 0.05) is 30.2 Å². The average molecular weight is 441 g/mol. The molecule has 31 heavy (non-hydrogen) atoms. The summed E-state index contributed by atoms with van der Waals surface area (Å²) in [6.45, 7) is 1.36. The van der Waals surface area contributed by atoms with Gasteiger partial charge in [-0.1, -0.05) is 6.07 Å². The van der Waals surface area contributed by atoms with Crippen LogP contribution < -0.4 is 15.4 Å². The number of furan rings is 1. The van der Waals surface area contributed by atoms with Gasteiger partial charge in [0.2, 0.25) is 5.91 Å². The lowest BCUT2D eigenvalue weighted by Crippen LogP contribution is -2.45. The van der Waals surface area contributed by atoms with E-state index in [0.29, 0.717) is 36.2 Å². The fourth-order valence-corrected chi connectivity index (χ4v) is 4.23. The number of nitrogens with zero attached hydrogens (tertiary/aromatic N) is 2. The minimum atomic E-state index is -0.235. The number of benzene rings is 1. The number of carbonyl (C=O) groups is 2. The van der Waals surface area contributed by atoms with E-state index >= 15 is 0 Å². The van der Waals surface area contributed by atoms with Crippen LogP contribution >= 0.6 is 11.3 Å². The second-order valence-corrected chi connectivity index (χ2v) is 8.14. The number of piperidine rings is 1. The lowest BCUT2D eigenvalue weighted by molar-refractivity contribution is -0.126. The van der Waals surface area contributed by atoms with Crippen molar-refractivity contribution in [2.45, 2.75) is 19.4 Å². The SMILES string of the molecule is COc1cccc(Nc2nc(C(=O)N3CCCC(C(=O)NCc4ccco4)C3)cs2)c1. The van der Waals surface area contributed by atoms with Crippen LogP contribution in [-0.4, -0.2) is 41.9 Å². The summed E-state index contributed by atoms with van der Waals surface area (Å²) in [6, 6.07) is 11.1. The van der Waals surface area contributed by atoms with Gasteiger partial charge in [0.1, 0.15) is 17.2 Å². The quantitative estimate of drug-likeness (QED) is 0.582. The minimum Gasteiger partial charge on any atom is -0.497 e. The van der Waals surface area contributed by atoms with Crippen LogP contribution in [0.1, 0.15) is 29.1 Å². The van der Waals surface area contributed by atoms with E-state index in [9.17, 15) is 9.59 Å². The number of hydrogen-bond donors (Lipinski definition) is 2. The van der Waals surface area contributed by atoms with Crippen molar-refractivity contribution in [3.05, 3.63) is 59.5 Å². The molecule has 0 saturated carbocycles. The molecule has 1 atom stereocenters. The van der Waals surface area contributed by atoms with Gasteiger partial charge in [-0.3, -0.25) is 9.59 Å². The van der Waals surface area contributed by atoms with Crippen LogP contribution in [0.25, 0.3) is 0 Å². The number of hydrogen-bond acceptors (Lipinski definition) is 7. The van der Waals surface area contributed by atoms with Gasteiger partial charge in [-0.2, -0.15) is 0 Å². The highest BCUT2D eigenvalue weighted by Crippen LogP contribution is 2.25. The third-order valence-electron chi connectivity index (χ3n) is 5.14. The molecule has 9 heteroatoms. The first kappa shape index (κ1) is 20.9. The fourth-order valence-electron chi connectivity index (χ4n) is 3.52. The van der Waals surface area contributed by atoms with Crippen molar-refractivity contribution in [2.75, 3.05) is 25.5 Å². The molecule has 1 fully saturated rings. The predicted molar refractivity (Wildman–Crippen MR) is 118 cm³/mol. The van der Waals surface area contributed by atoms with Gasteiger partial charge in [-0.15, -0.1) is 11.3 Å². The van der Waals surface area contributed by atoms with Crippen LogP contribution in [0.4, 0.5) is 10.8 Å². The molecule has 1 saturated heterocycles. The maximum atomic E-state index is 13.0. The number of carbonyl (C=O) groups excluding carboxylic acids is 2. The summed E-state index contributed by atoms with van der Waals surface area (Å²) in [5.41, 5.74) is 1.21. The molecular weight excluding hydrogens is 416 g/mol. The molecule has 3 heterocycles. The number of methoxy groups -OCH3 is 1. The van der Waals surface area contributed by atoms with Crippen LogP contribution in [0.3, 0.4) is 0 Å². The summed E-state index contributed by atoms with van der Waals surface area (Å²) in [4.78, 5) is 31.6. The molecule has 0 spiro atoms. The van der Waals surface area contributed by atoms with E-state index in [2.05, 4.69) is 15.6 Å². The molecule has 2 aromatic heterocycles. The highest BCUT2D eigenvalue weighted by atomic mass is 32.1. The largest absolute Gasteiger partial charge is 0.497 e. The van der Waals surface area contributed by atoms with Gasteiger partial charge in [-0.05, 0) is 37.1 Å². The Bertz CT molecular complexity index is 1030. The molecule has 0 bridgehead atoms. The van der Waals surface area contributed by atoms with Crippen molar-refractivity contribution in [1.29, 1.82) is 0 Å². The number of likely N-dealkylation sites (tertiary alicyclic amines) is 1. The Morgan fingerprint density at radius 2 is 2.23 bits per heavy atom. The molecule has 2 N–H and O–H groups in total. The Labute approximate surface area is 184 Å². The molecular formula is C22H24N4O4S. The summed E-state index contributed by atoms with van der Waals surface area (Å²) in [6.07, 6.45) is 3.12. The van der Waals surface area contributed by atoms with Crippen molar-refractivity contribution in [2.24, 2.45) is 5.92 Å². The zero-order valence-corrected chi connectivity index (χ0v) is 18.0. The lowest BCUT2D eigenvalue weighted by Gasteiger charge is -2.31. The van der Waals surface area contributed by atoms with E-state index in [1.807, 2.05) is 30.3 Å². The molecule has 162 valence electrons. The smallest absolute Gasteiger partial charge is 0.273 e. The van der Waals surface area contributed by atoms with Gasteiger partial charge in [0.25, 0.3) is 5.91 Å². The third-order valence-corrected chi connectivity index (χ3v) is 5.90. The number of thiazole rings is 1. The number of rotatable bonds is 7. The van der Waals surface area contributed by atoms with Crippen LogP contribution in [0.15, 0.2) is 52.5 Å². The van der Waals surface area contributed by atoms with E-state index in [0.717, 1.165) is 24.3 Å². The molecule has 0 aliphatic carbocycles. The molecule has 8 nitrogen and oxygen atoms in total. The van der Waals surface area contributed by atoms with Crippen molar-refractivity contribution in [1.82, 2.24) is 15.2 Å². The Kier molecular flexibility index (Phi) is 6.51. The predicted octanol–water partition coefficient (Wildman–Crippen LogP) is 3.66. The van der Waals surface area contributed by atoms with Crippen LogP contribution in [-0.2, 0) is 11.3 Å². The molecule has 1 aromatic carbocycles. The first-order valence-electron chi connectivity index (χ1n) is 10.1. The molecule has 1 aliphatic heterocycles. The zero-order valence-electron chi connectivity index (χ0n) is 17.2. The Balaban J connectivity index is 1.34. The second kappa shape index (κ2) is 9.65. The number of aromatic nitrogens is 1. The van der Waals surface area contributed by atoms with Crippen LogP contribution in [0, 0.1) is 5.92 Å². The fraction of sp³-hybridized carbons (Fsp3) is 0.318. The number of nitrogens with one attached hydrogen (secondary N) is 2. The van der Waals surface area contributed by atoms with Crippen molar-refractivity contribution in [3.63, 3.8) is 0 Å².